The van der Waals surface area contributed by atoms with E-state index in [0.717, 1.165) is 13.0 Å². The average molecular weight is 202 g/mol. The molecule has 0 aromatic rings. The summed E-state index contributed by atoms with van der Waals surface area (Å²) in [6.45, 7) is 9.53. The van der Waals surface area contributed by atoms with Crippen LogP contribution in [0.5, 0.6) is 0 Å². The highest BCUT2D eigenvalue weighted by atomic mass is 16.7. The SMILES string of the molecule is CCCCO[C@H](C)[C@H]1COC(C)(C)O1. The lowest BCUT2D eigenvalue weighted by atomic mass is 10.2. The first-order chi connectivity index (χ1) is 6.55. The van der Waals surface area contributed by atoms with Crippen LogP contribution in [0, 0.1) is 0 Å². The Hall–Kier alpha value is -0.120. The fourth-order valence-corrected chi connectivity index (χ4v) is 1.47. The van der Waals surface area contributed by atoms with Gasteiger partial charge in [-0.1, -0.05) is 13.3 Å². The van der Waals surface area contributed by atoms with Crippen LogP contribution in [0.15, 0.2) is 0 Å². The molecule has 1 heterocycles. The second kappa shape index (κ2) is 5.10. The summed E-state index contributed by atoms with van der Waals surface area (Å²) in [6.07, 6.45) is 2.49. The third-order valence-corrected chi connectivity index (χ3v) is 2.43. The van der Waals surface area contributed by atoms with E-state index in [0.29, 0.717) is 6.61 Å². The summed E-state index contributed by atoms with van der Waals surface area (Å²) in [4.78, 5) is 0. The first kappa shape index (κ1) is 12.0. The maximum absolute atomic E-state index is 5.69. The second-order valence-electron chi connectivity index (χ2n) is 4.30. The fourth-order valence-electron chi connectivity index (χ4n) is 1.47. The molecule has 1 rings (SSSR count). The molecule has 3 heteroatoms. The zero-order valence-electron chi connectivity index (χ0n) is 9.71. The van der Waals surface area contributed by atoms with Gasteiger partial charge in [-0.3, -0.25) is 0 Å². The lowest BCUT2D eigenvalue weighted by molar-refractivity contribution is -0.154. The Morgan fingerprint density at radius 1 is 1.50 bits per heavy atom. The van der Waals surface area contributed by atoms with Crippen LogP contribution in [0.25, 0.3) is 0 Å². The van der Waals surface area contributed by atoms with Crippen LogP contribution in [0.2, 0.25) is 0 Å². The van der Waals surface area contributed by atoms with E-state index in [2.05, 4.69) is 6.92 Å². The molecule has 0 aromatic carbocycles. The maximum Gasteiger partial charge on any atom is 0.163 e. The van der Waals surface area contributed by atoms with E-state index >= 15 is 0 Å². The van der Waals surface area contributed by atoms with Gasteiger partial charge in [0.25, 0.3) is 0 Å². The topological polar surface area (TPSA) is 27.7 Å². The minimum Gasteiger partial charge on any atom is -0.376 e. The molecule has 0 aromatic heterocycles. The molecule has 0 N–H and O–H groups in total. The van der Waals surface area contributed by atoms with Gasteiger partial charge in [0, 0.05) is 6.61 Å². The highest BCUT2D eigenvalue weighted by Crippen LogP contribution is 2.25. The molecule has 0 spiro atoms. The van der Waals surface area contributed by atoms with E-state index in [-0.39, 0.29) is 12.2 Å². The average Bonchev–Trinajstić information content (AvgIpc) is 2.46. The van der Waals surface area contributed by atoms with Crippen molar-refractivity contribution in [3.8, 4) is 0 Å². The summed E-state index contributed by atoms with van der Waals surface area (Å²) >= 11 is 0. The van der Waals surface area contributed by atoms with Crippen molar-refractivity contribution in [2.24, 2.45) is 0 Å². The summed E-state index contributed by atoms with van der Waals surface area (Å²) in [7, 11) is 0. The van der Waals surface area contributed by atoms with E-state index < -0.39 is 5.79 Å². The lowest BCUT2D eigenvalue weighted by Gasteiger charge is -2.21. The molecule has 3 nitrogen and oxygen atoms in total. The van der Waals surface area contributed by atoms with Crippen molar-refractivity contribution >= 4 is 0 Å². The summed E-state index contributed by atoms with van der Waals surface area (Å²) < 4.78 is 16.8. The first-order valence-corrected chi connectivity index (χ1v) is 5.48. The van der Waals surface area contributed by atoms with Crippen molar-refractivity contribution in [2.75, 3.05) is 13.2 Å². The standard InChI is InChI=1S/C11H22O3/c1-5-6-7-12-9(2)10-8-13-11(3,4)14-10/h9-10H,5-8H2,1-4H3/t9-,10-/m1/s1. The van der Waals surface area contributed by atoms with Gasteiger partial charge in [-0.05, 0) is 27.2 Å². The molecule has 84 valence electrons. The maximum atomic E-state index is 5.69. The van der Waals surface area contributed by atoms with Crippen LogP contribution < -0.4 is 0 Å². The van der Waals surface area contributed by atoms with Crippen molar-refractivity contribution in [1.29, 1.82) is 0 Å². The zero-order chi connectivity index (χ0) is 10.6. The fraction of sp³-hybridized carbons (Fsp3) is 1.00. The Morgan fingerprint density at radius 3 is 2.71 bits per heavy atom. The predicted octanol–water partition coefficient (Wildman–Crippen LogP) is 2.34. The van der Waals surface area contributed by atoms with E-state index in [1.54, 1.807) is 0 Å². The Bertz CT molecular complexity index is 168. The molecular formula is C11H22O3. The van der Waals surface area contributed by atoms with Crippen LogP contribution in [0.3, 0.4) is 0 Å². The van der Waals surface area contributed by atoms with Gasteiger partial charge >= 0.3 is 0 Å². The van der Waals surface area contributed by atoms with Gasteiger partial charge in [-0.25, -0.2) is 0 Å². The summed E-state index contributed by atoms with van der Waals surface area (Å²) in [6, 6.07) is 0. The lowest BCUT2D eigenvalue weighted by Crippen LogP contribution is -2.30. The smallest absolute Gasteiger partial charge is 0.163 e. The molecule has 1 saturated heterocycles. The van der Waals surface area contributed by atoms with E-state index in [9.17, 15) is 0 Å². The van der Waals surface area contributed by atoms with E-state index in [4.69, 9.17) is 14.2 Å². The largest absolute Gasteiger partial charge is 0.376 e. The van der Waals surface area contributed by atoms with Gasteiger partial charge in [-0.15, -0.1) is 0 Å². The Balaban J connectivity index is 2.22. The van der Waals surface area contributed by atoms with Crippen molar-refractivity contribution in [1.82, 2.24) is 0 Å². The second-order valence-corrected chi connectivity index (χ2v) is 4.30. The summed E-state index contributed by atoms with van der Waals surface area (Å²) in [5, 5.41) is 0. The number of ether oxygens (including phenoxy) is 3. The minimum absolute atomic E-state index is 0.0851. The monoisotopic (exact) mass is 202 g/mol. The molecule has 0 amide bonds. The molecule has 0 radical (unpaired) electrons. The molecule has 2 atom stereocenters. The van der Waals surface area contributed by atoms with E-state index in [1.165, 1.54) is 6.42 Å². The van der Waals surface area contributed by atoms with Crippen LogP contribution in [-0.2, 0) is 14.2 Å². The van der Waals surface area contributed by atoms with Gasteiger partial charge in [0.05, 0.1) is 12.7 Å². The summed E-state index contributed by atoms with van der Waals surface area (Å²) in [5.41, 5.74) is 0. The minimum atomic E-state index is -0.437. The normalized spacial score (nSPS) is 27.9. The first-order valence-electron chi connectivity index (χ1n) is 5.48. The number of hydrogen-bond donors (Lipinski definition) is 0. The molecule has 0 unspecified atom stereocenters. The molecule has 1 aliphatic rings. The number of rotatable bonds is 5. The van der Waals surface area contributed by atoms with Gasteiger partial charge in [0.15, 0.2) is 5.79 Å². The molecule has 0 aliphatic carbocycles. The molecule has 0 bridgehead atoms. The number of hydrogen-bond acceptors (Lipinski definition) is 3. The third kappa shape index (κ3) is 3.56. The third-order valence-electron chi connectivity index (χ3n) is 2.43. The molecule has 0 saturated carbocycles. The van der Waals surface area contributed by atoms with Gasteiger partial charge in [-0.2, -0.15) is 0 Å². The highest BCUT2D eigenvalue weighted by Gasteiger charge is 2.35. The molecule has 1 aliphatic heterocycles. The van der Waals surface area contributed by atoms with E-state index in [1.807, 2.05) is 20.8 Å². The van der Waals surface area contributed by atoms with Gasteiger partial charge in [0.1, 0.15) is 6.10 Å². The molecule has 1 fully saturated rings. The molecular weight excluding hydrogens is 180 g/mol. The molecule has 14 heavy (non-hydrogen) atoms. The number of unbranched alkanes of at least 4 members (excludes halogenated alkanes) is 1. The van der Waals surface area contributed by atoms with Gasteiger partial charge < -0.3 is 14.2 Å². The zero-order valence-corrected chi connectivity index (χ0v) is 9.71. The highest BCUT2D eigenvalue weighted by molar-refractivity contribution is 4.75. The Kier molecular flexibility index (Phi) is 4.35. The van der Waals surface area contributed by atoms with Crippen molar-refractivity contribution in [3.05, 3.63) is 0 Å². The van der Waals surface area contributed by atoms with Crippen molar-refractivity contribution in [2.45, 2.75) is 58.5 Å². The quantitative estimate of drug-likeness (QED) is 0.640. The predicted molar refractivity (Wildman–Crippen MR) is 55.2 cm³/mol. The van der Waals surface area contributed by atoms with Crippen LogP contribution in [-0.4, -0.2) is 31.2 Å². The van der Waals surface area contributed by atoms with Crippen LogP contribution >= 0.6 is 0 Å². The van der Waals surface area contributed by atoms with Gasteiger partial charge in [0.2, 0.25) is 0 Å². The Morgan fingerprint density at radius 2 is 2.21 bits per heavy atom. The Labute approximate surface area is 86.7 Å². The van der Waals surface area contributed by atoms with Crippen molar-refractivity contribution < 1.29 is 14.2 Å². The van der Waals surface area contributed by atoms with Crippen LogP contribution in [0.4, 0.5) is 0 Å². The van der Waals surface area contributed by atoms with Crippen molar-refractivity contribution in [3.63, 3.8) is 0 Å². The summed E-state index contributed by atoms with van der Waals surface area (Å²) in [5.74, 6) is -0.437. The van der Waals surface area contributed by atoms with Crippen LogP contribution in [0.1, 0.15) is 40.5 Å².